The van der Waals surface area contributed by atoms with E-state index < -0.39 is 0 Å². The summed E-state index contributed by atoms with van der Waals surface area (Å²) in [6.07, 6.45) is 2.04. The molecular formula is C8H13N3S. The lowest BCUT2D eigenvalue weighted by Gasteiger charge is -2.13. The third-order valence-electron chi connectivity index (χ3n) is 1.47. The third-order valence-corrected chi connectivity index (χ3v) is 1.79. The van der Waals surface area contributed by atoms with Gasteiger partial charge in [-0.1, -0.05) is 0 Å². The minimum Gasteiger partial charge on any atom is -0.277 e. The van der Waals surface area contributed by atoms with E-state index >= 15 is 0 Å². The molecule has 0 bridgehead atoms. The Morgan fingerprint density at radius 2 is 1.67 bits per heavy atom. The molecule has 0 rings (SSSR count). The standard InChI is InChI=1S/C8H13N3S/c9-3-6-11(7-4-10)5-1-2-8-12/h12H,1-2,5-8H2. The van der Waals surface area contributed by atoms with Crippen molar-refractivity contribution in [2.24, 2.45) is 0 Å². The minimum atomic E-state index is 0.347. The van der Waals surface area contributed by atoms with Crippen LogP contribution in [0.15, 0.2) is 0 Å². The van der Waals surface area contributed by atoms with Gasteiger partial charge < -0.3 is 0 Å². The quantitative estimate of drug-likeness (QED) is 0.380. The Kier molecular flexibility index (Phi) is 7.89. The average Bonchev–Trinajstić information content (AvgIpc) is 2.06. The second kappa shape index (κ2) is 8.39. The Hall–Kier alpha value is -0.710. The van der Waals surface area contributed by atoms with Gasteiger partial charge in [-0.3, -0.25) is 4.90 Å². The maximum Gasteiger partial charge on any atom is 0.0874 e. The lowest BCUT2D eigenvalue weighted by Crippen LogP contribution is -2.25. The second-order valence-corrected chi connectivity index (χ2v) is 2.90. The highest BCUT2D eigenvalue weighted by molar-refractivity contribution is 7.80. The molecule has 0 amide bonds. The third kappa shape index (κ3) is 6.03. The number of hydrogen-bond donors (Lipinski definition) is 1. The highest BCUT2D eigenvalue weighted by Crippen LogP contribution is 1.95. The van der Waals surface area contributed by atoms with Gasteiger partial charge in [0.05, 0.1) is 25.2 Å². The maximum absolute atomic E-state index is 8.40. The molecule has 12 heavy (non-hydrogen) atoms. The van der Waals surface area contributed by atoms with Gasteiger partial charge in [0.1, 0.15) is 0 Å². The van der Waals surface area contributed by atoms with Crippen LogP contribution in [0.25, 0.3) is 0 Å². The zero-order chi connectivity index (χ0) is 9.23. The Bertz CT molecular complexity index is 164. The van der Waals surface area contributed by atoms with Crippen molar-refractivity contribution in [1.29, 1.82) is 10.5 Å². The average molecular weight is 183 g/mol. The van der Waals surface area contributed by atoms with Crippen molar-refractivity contribution in [2.45, 2.75) is 12.8 Å². The first-order chi connectivity index (χ1) is 5.85. The molecule has 0 N–H and O–H groups in total. The number of nitrogens with zero attached hydrogens (tertiary/aromatic N) is 3. The first-order valence-corrected chi connectivity index (χ1v) is 4.55. The summed E-state index contributed by atoms with van der Waals surface area (Å²) in [6, 6.07) is 4.07. The van der Waals surface area contributed by atoms with Crippen LogP contribution in [-0.2, 0) is 0 Å². The zero-order valence-corrected chi connectivity index (χ0v) is 7.93. The fraction of sp³-hybridized carbons (Fsp3) is 0.750. The van der Waals surface area contributed by atoms with Crippen LogP contribution in [0.4, 0.5) is 0 Å². The number of hydrogen-bond acceptors (Lipinski definition) is 4. The highest BCUT2D eigenvalue weighted by atomic mass is 32.1. The number of nitriles is 2. The highest BCUT2D eigenvalue weighted by Gasteiger charge is 2.01. The number of unbranched alkanes of at least 4 members (excludes halogenated alkanes) is 1. The molecule has 0 aromatic carbocycles. The molecule has 0 heterocycles. The molecule has 66 valence electrons. The molecule has 0 aliphatic heterocycles. The summed E-state index contributed by atoms with van der Waals surface area (Å²) in [5.41, 5.74) is 0. The first kappa shape index (κ1) is 11.3. The van der Waals surface area contributed by atoms with Gasteiger partial charge in [0.25, 0.3) is 0 Å². The smallest absolute Gasteiger partial charge is 0.0874 e. The van der Waals surface area contributed by atoms with Crippen LogP contribution in [0.1, 0.15) is 12.8 Å². The summed E-state index contributed by atoms with van der Waals surface area (Å²) in [5.74, 6) is 0.868. The van der Waals surface area contributed by atoms with E-state index in [1.54, 1.807) is 0 Å². The molecule has 0 aromatic heterocycles. The topological polar surface area (TPSA) is 50.8 Å². The van der Waals surface area contributed by atoms with Crippen molar-refractivity contribution in [1.82, 2.24) is 4.90 Å². The Labute approximate surface area is 79.0 Å². The first-order valence-electron chi connectivity index (χ1n) is 3.92. The molecule has 0 radical (unpaired) electrons. The summed E-state index contributed by atoms with van der Waals surface area (Å²) < 4.78 is 0. The lowest BCUT2D eigenvalue weighted by atomic mass is 10.3. The maximum atomic E-state index is 8.40. The van der Waals surface area contributed by atoms with Gasteiger partial charge in [-0.15, -0.1) is 0 Å². The van der Waals surface area contributed by atoms with E-state index in [0.717, 1.165) is 25.1 Å². The van der Waals surface area contributed by atoms with Gasteiger partial charge in [0.15, 0.2) is 0 Å². The van der Waals surface area contributed by atoms with Crippen LogP contribution in [-0.4, -0.2) is 30.3 Å². The predicted octanol–water partition coefficient (Wildman–Crippen LogP) is 1.05. The van der Waals surface area contributed by atoms with Gasteiger partial charge in [-0.25, -0.2) is 0 Å². The summed E-state index contributed by atoms with van der Waals surface area (Å²) in [6.45, 7) is 1.52. The van der Waals surface area contributed by atoms with Crippen LogP contribution in [0, 0.1) is 22.7 Å². The molecule has 0 aliphatic carbocycles. The van der Waals surface area contributed by atoms with Crippen molar-refractivity contribution in [3.05, 3.63) is 0 Å². The predicted molar refractivity (Wildman–Crippen MR) is 50.8 cm³/mol. The van der Waals surface area contributed by atoms with Crippen molar-refractivity contribution in [2.75, 3.05) is 25.4 Å². The van der Waals surface area contributed by atoms with E-state index in [2.05, 4.69) is 12.6 Å². The monoisotopic (exact) mass is 183 g/mol. The van der Waals surface area contributed by atoms with E-state index in [1.165, 1.54) is 0 Å². The summed E-state index contributed by atoms with van der Waals surface area (Å²) in [5, 5.41) is 16.8. The normalized spacial score (nSPS) is 9.33. The molecule has 3 nitrogen and oxygen atoms in total. The van der Waals surface area contributed by atoms with Crippen molar-refractivity contribution >= 4 is 12.6 Å². The van der Waals surface area contributed by atoms with Crippen LogP contribution in [0.3, 0.4) is 0 Å². The van der Waals surface area contributed by atoms with E-state index in [9.17, 15) is 0 Å². The zero-order valence-electron chi connectivity index (χ0n) is 7.03. The Morgan fingerprint density at radius 1 is 1.08 bits per heavy atom. The fourth-order valence-electron chi connectivity index (χ4n) is 0.861. The van der Waals surface area contributed by atoms with Crippen molar-refractivity contribution in [3.8, 4) is 12.1 Å². The summed E-state index contributed by atoms with van der Waals surface area (Å²) in [4.78, 5) is 1.84. The van der Waals surface area contributed by atoms with E-state index in [1.807, 2.05) is 17.0 Å². The molecule has 0 aliphatic rings. The van der Waals surface area contributed by atoms with Crippen molar-refractivity contribution < 1.29 is 0 Å². The van der Waals surface area contributed by atoms with Gasteiger partial charge >= 0.3 is 0 Å². The number of rotatable bonds is 6. The molecule has 0 unspecified atom stereocenters. The van der Waals surface area contributed by atoms with Crippen LogP contribution in [0.5, 0.6) is 0 Å². The summed E-state index contributed by atoms with van der Waals surface area (Å²) in [7, 11) is 0. The van der Waals surface area contributed by atoms with Crippen molar-refractivity contribution in [3.63, 3.8) is 0 Å². The number of thiol groups is 1. The Balaban J connectivity index is 3.51. The van der Waals surface area contributed by atoms with Gasteiger partial charge in [-0.05, 0) is 18.6 Å². The lowest BCUT2D eigenvalue weighted by molar-refractivity contribution is 0.336. The molecule has 0 saturated heterocycles. The largest absolute Gasteiger partial charge is 0.277 e. The molecule has 0 aromatic rings. The molecule has 4 heteroatoms. The van der Waals surface area contributed by atoms with Gasteiger partial charge in [0, 0.05) is 6.54 Å². The fourth-order valence-corrected chi connectivity index (χ4v) is 1.08. The van der Waals surface area contributed by atoms with E-state index in [4.69, 9.17) is 10.5 Å². The molecule has 0 atom stereocenters. The van der Waals surface area contributed by atoms with Crippen LogP contribution in [0.2, 0.25) is 0 Å². The Morgan fingerprint density at radius 3 is 2.08 bits per heavy atom. The second-order valence-electron chi connectivity index (χ2n) is 2.46. The minimum absolute atomic E-state index is 0.347. The molecular weight excluding hydrogens is 170 g/mol. The van der Waals surface area contributed by atoms with Gasteiger partial charge in [-0.2, -0.15) is 23.2 Å². The van der Waals surface area contributed by atoms with E-state index in [-0.39, 0.29) is 0 Å². The molecule has 0 saturated carbocycles. The van der Waals surface area contributed by atoms with Crippen LogP contribution >= 0.6 is 12.6 Å². The summed E-state index contributed by atoms with van der Waals surface area (Å²) >= 11 is 4.08. The van der Waals surface area contributed by atoms with Crippen LogP contribution < -0.4 is 0 Å². The SMILES string of the molecule is N#CCN(CC#N)CCCCS. The van der Waals surface area contributed by atoms with E-state index in [0.29, 0.717) is 13.1 Å². The van der Waals surface area contributed by atoms with Gasteiger partial charge in [0.2, 0.25) is 0 Å². The molecule has 0 fully saturated rings. The molecule has 0 spiro atoms.